The highest BCUT2D eigenvalue weighted by Crippen LogP contribution is 2.18. The zero-order chi connectivity index (χ0) is 13.0. The first kappa shape index (κ1) is 16.0. The summed E-state index contributed by atoms with van der Waals surface area (Å²) in [4.78, 5) is 21.7. The van der Waals surface area contributed by atoms with Crippen molar-refractivity contribution in [1.29, 1.82) is 0 Å². The number of carbonyl (C=O) groups is 2. The average Bonchev–Trinajstić information content (AvgIpc) is 2.28. The van der Waals surface area contributed by atoms with Crippen molar-refractivity contribution in [3.8, 4) is 0 Å². The maximum absolute atomic E-state index is 10.9. The van der Waals surface area contributed by atoms with E-state index in [1.807, 2.05) is 0 Å². The van der Waals surface area contributed by atoms with Gasteiger partial charge in [0.25, 0.3) is 0 Å². The predicted molar refractivity (Wildman–Crippen MR) is 64.6 cm³/mol. The maximum atomic E-state index is 10.9. The molecule has 0 bridgehead atoms. The van der Waals surface area contributed by atoms with Crippen molar-refractivity contribution in [3.05, 3.63) is 34.9 Å². The monoisotopic (exact) mass is 256 g/mol. The third-order valence-corrected chi connectivity index (χ3v) is 2.41. The van der Waals surface area contributed by atoms with Gasteiger partial charge in [0.05, 0.1) is 11.1 Å². The van der Waals surface area contributed by atoms with Crippen molar-refractivity contribution in [1.82, 2.24) is 0 Å². The average molecular weight is 256 g/mol. The lowest BCUT2D eigenvalue weighted by atomic mass is 9.98. The number of hydrogen-bond donors (Lipinski definition) is 4. The largest absolute Gasteiger partial charge is 0.478 e. The number of carboxylic acids is 2. The van der Waals surface area contributed by atoms with Crippen LogP contribution in [0.15, 0.2) is 18.2 Å². The Morgan fingerprint density at radius 1 is 1.17 bits per heavy atom. The van der Waals surface area contributed by atoms with Crippen molar-refractivity contribution >= 4 is 11.9 Å². The summed E-state index contributed by atoms with van der Waals surface area (Å²) in [6, 6.07) is 3.65. The fourth-order valence-corrected chi connectivity index (χ4v) is 1.50. The van der Waals surface area contributed by atoms with Crippen molar-refractivity contribution < 1.29 is 25.3 Å². The second-order valence-electron chi connectivity index (χ2n) is 3.60. The minimum absolute atomic E-state index is 0. The quantitative estimate of drug-likeness (QED) is 0.561. The Bertz CT molecular complexity index is 447. The van der Waals surface area contributed by atoms with Crippen LogP contribution in [0.3, 0.4) is 0 Å². The summed E-state index contributed by atoms with van der Waals surface area (Å²) < 4.78 is 0. The minimum atomic E-state index is -1.29. The third kappa shape index (κ3) is 3.52. The number of rotatable bonds is 5. The van der Waals surface area contributed by atoms with E-state index in [0.717, 1.165) is 0 Å². The molecule has 1 unspecified atom stereocenters. The van der Waals surface area contributed by atoms with E-state index in [4.69, 9.17) is 21.7 Å². The van der Waals surface area contributed by atoms with Crippen LogP contribution in [0, 0.1) is 0 Å². The molecule has 0 heterocycles. The summed E-state index contributed by atoms with van der Waals surface area (Å²) in [7, 11) is 0. The van der Waals surface area contributed by atoms with Gasteiger partial charge in [-0.05, 0) is 30.7 Å². The van der Waals surface area contributed by atoms with Crippen molar-refractivity contribution in [2.24, 2.45) is 11.5 Å². The van der Waals surface area contributed by atoms with Crippen molar-refractivity contribution in [2.75, 3.05) is 6.54 Å². The molecule has 0 fully saturated rings. The van der Waals surface area contributed by atoms with E-state index in [0.29, 0.717) is 18.5 Å². The Labute approximate surface area is 103 Å². The third-order valence-electron chi connectivity index (χ3n) is 2.41. The molecule has 18 heavy (non-hydrogen) atoms. The van der Waals surface area contributed by atoms with E-state index in [2.05, 4.69) is 0 Å². The lowest BCUT2D eigenvalue weighted by Gasteiger charge is -2.12. The molecule has 1 aromatic carbocycles. The molecule has 1 atom stereocenters. The Kier molecular flexibility index (Phi) is 5.97. The van der Waals surface area contributed by atoms with Gasteiger partial charge in [-0.25, -0.2) is 9.59 Å². The summed E-state index contributed by atoms with van der Waals surface area (Å²) >= 11 is 0. The summed E-state index contributed by atoms with van der Waals surface area (Å²) in [6.45, 7) is 0.379. The molecule has 0 amide bonds. The molecule has 0 radical (unpaired) electrons. The zero-order valence-electron chi connectivity index (χ0n) is 9.59. The topological polar surface area (TPSA) is 158 Å². The molecule has 8 N–H and O–H groups in total. The maximum Gasteiger partial charge on any atom is 0.336 e. The van der Waals surface area contributed by atoms with Gasteiger partial charge in [0.15, 0.2) is 0 Å². The van der Waals surface area contributed by atoms with Crippen LogP contribution in [0.2, 0.25) is 0 Å². The fourth-order valence-electron chi connectivity index (χ4n) is 1.50. The van der Waals surface area contributed by atoms with Gasteiger partial charge < -0.3 is 27.2 Å². The van der Waals surface area contributed by atoms with Gasteiger partial charge in [-0.15, -0.1) is 0 Å². The summed E-state index contributed by atoms with van der Waals surface area (Å²) in [6.07, 6.45) is 0.505. The zero-order valence-corrected chi connectivity index (χ0v) is 9.59. The molecule has 0 spiro atoms. The molecular weight excluding hydrogens is 240 g/mol. The van der Waals surface area contributed by atoms with Crippen LogP contribution in [0.25, 0.3) is 0 Å². The van der Waals surface area contributed by atoms with Gasteiger partial charge in [0.1, 0.15) is 0 Å². The molecule has 7 heteroatoms. The lowest BCUT2D eigenvalue weighted by molar-refractivity contribution is 0.0651. The first-order valence-corrected chi connectivity index (χ1v) is 5.03. The van der Waals surface area contributed by atoms with Crippen LogP contribution in [0.1, 0.15) is 38.7 Å². The lowest BCUT2D eigenvalue weighted by Crippen LogP contribution is -2.17. The standard InChI is InChI=1S/C11H14N2O4.H2O/c12-4-3-9(13)6-1-2-7(10(14)15)8(5-6)11(16)17;/h1-2,5,9H,3-4,12-13H2,(H,14,15)(H,16,17);1H2. The molecule has 0 saturated heterocycles. The Morgan fingerprint density at radius 3 is 2.17 bits per heavy atom. The molecule has 0 aliphatic carbocycles. The van der Waals surface area contributed by atoms with Gasteiger partial charge in [-0.3, -0.25) is 0 Å². The van der Waals surface area contributed by atoms with E-state index in [1.165, 1.54) is 18.2 Å². The second kappa shape index (κ2) is 6.70. The van der Waals surface area contributed by atoms with Gasteiger partial charge in [0, 0.05) is 6.04 Å². The molecule has 0 saturated carbocycles. The first-order valence-electron chi connectivity index (χ1n) is 5.03. The van der Waals surface area contributed by atoms with E-state index in [1.54, 1.807) is 0 Å². The number of nitrogens with two attached hydrogens (primary N) is 2. The minimum Gasteiger partial charge on any atom is -0.478 e. The highest BCUT2D eigenvalue weighted by molar-refractivity contribution is 6.01. The molecule has 0 aliphatic rings. The van der Waals surface area contributed by atoms with E-state index in [-0.39, 0.29) is 22.6 Å². The molecular formula is C11H16N2O5. The second-order valence-corrected chi connectivity index (χ2v) is 3.60. The Hall–Kier alpha value is -1.96. The molecule has 0 aliphatic heterocycles. The molecule has 1 rings (SSSR count). The Morgan fingerprint density at radius 2 is 1.72 bits per heavy atom. The number of hydrogen-bond acceptors (Lipinski definition) is 4. The normalized spacial score (nSPS) is 11.4. The number of aromatic carboxylic acids is 2. The smallest absolute Gasteiger partial charge is 0.336 e. The van der Waals surface area contributed by atoms with E-state index >= 15 is 0 Å². The first-order chi connectivity index (χ1) is 7.97. The van der Waals surface area contributed by atoms with Crippen LogP contribution in [0.5, 0.6) is 0 Å². The van der Waals surface area contributed by atoms with Crippen molar-refractivity contribution in [3.63, 3.8) is 0 Å². The molecule has 100 valence electrons. The van der Waals surface area contributed by atoms with Gasteiger partial charge in [-0.1, -0.05) is 6.07 Å². The SMILES string of the molecule is NCCC(N)c1ccc(C(=O)O)c(C(=O)O)c1.O. The molecule has 0 aromatic heterocycles. The van der Waals surface area contributed by atoms with Gasteiger partial charge >= 0.3 is 11.9 Å². The predicted octanol–water partition coefficient (Wildman–Crippen LogP) is -0.393. The van der Waals surface area contributed by atoms with Crippen LogP contribution in [-0.2, 0) is 0 Å². The fraction of sp³-hybridized carbons (Fsp3) is 0.273. The summed E-state index contributed by atoms with van der Waals surface area (Å²) in [5.74, 6) is -2.56. The van der Waals surface area contributed by atoms with Crippen LogP contribution >= 0.6 is 0 Å². The highest BCUT2D eigenvalue weighted by atomic mass is 16.4. The van der Waals surface area contributed by atoms with E-state index in [9.17, 15) is 9.59 Å². The Balaban J connectivity index is 0.00000289. The molecule has 1 aromatic rings. The van der Waals surface area contributed by atoms with E-state index < -0.39 is 11.9 Å². The number of benzene rings is 1. The summed E-state index contributed by atoms with van der Waals surface area (Å²) in [5.41, 5.74) is 11.2. The summed E-state index contributed by atoms with van der Waals surface area (Å²) in [5, 5.41) is 17.8. The van der Waals surface area contributed by atoms with Crippen LogP contribution < -0.4 is 11.5 Å². The van der Waals surface area contributed by atoms with Gasteiger partial charge in [0.2, 0.25) is 0 Å². The van der Waals surface area contributed by atoms with Crippen molar-refractivity contribution in [2.45, 2.75) is 12.5 Å². The number of carboxylic acid groups (broad SMARTS) is 2. The van der Waals surface area contributed by atoms with Crippen LogP contribution in [0.4, 0.5) is 0 Å². The molecule has 7 nitrogen and oxygen atoms in total. The van der Waals surface area contributed by atoms with Crippen LogP contribution in [-0.4, -0.2) is 34.2 Å². The van der Waals surface area contributed by atoms with Gasteiger partial charge in [-0.2, -0.15) is 0 Å². The highest BCUT2D eigenvalue weighted by Gasteiger charge is 2.17.